The van der Waals surface area contributed by atoms with Crippen molar-refractivity contribution in [2.45, 2.75) is 18.0 Å². The molecule has 0 saturated carbocycles. The van der Waals surface area contributed by atoms with Crippen LogP contribution >= 0.6 is 34.5 Å². The molecule has 7 heteroatoms. The summed E-state index contributed by atoms with van der Waals surface area (Å²) in [6, 6.07) is 21.8. The number of thiophene rings is 1. The van der Waals surface area contributed by atoms with Crippen molar-refractivity contribution in [3.05, 3.63) is 127 Å². The van der Waals surface area contributed by atoms with Crippen LogP contribution in [0.3, 0.4) is 0 Å². The Labute approximate surface area is 233 Å². The van der Waals surface area contributed by atoms with Crippen molar-refractivity contribution in [3.8, 4) is 0 Å². The van der Waals surface area contributed by atoms with Gasteiger partial charge in [-0.05, 0) is 40.8 Å². The van der Waals surface area contributed by atoms with E-state index in [0.717, 1.165) is 11.3 Å². The Bertz CT molecular complexity index is 1660. The lowest BCUT2D eigenvalue weighted by molar-refractivity contribution is 0.0666. The fourth-order valence-electron chi connectivity index (χ4n) is 6.58. The van der Waals surface area contributed by atoms with Crippen LogP contribution < -0.4 is 4.90 Å². The summed E-state index contributed by atoms with van der Waals surface area (Å²) in [5.74, 6) is -1.57. The topological polar surface area (TPSA) is 54.5 Å². The van der Waals surface area contributed by atoms with Crippen molar-refractivity contribution in [1.29, 1.82) is 0 Å². The lowest BCUT2D eigenvalue weighted by Crippen LogP contribution is -2.48. The van der Waals surface area contributed by atoms with Gasteiger partial charge in [-0.2, -0.15) is 0 Å². The summed E-state index contributed by atoms with van der Waals surface area (Å²) < 4.78 is 0. The van der Waals surface area contributed by atoms with Gasteiger partial charge in [0.05, 0.1) is 10.9 Å². The zero-order valence-corrected chi connectivity index (χ0v) is 22.1. The van der Waals surface area contributed by atoms with E-state index in [1.165, 1.54) is 11.3 Å². The zero-order chi connectivity index (χ0) is 26.2. The number of hydrogen-bond acceptors (Lipinski definition) is 5. The Morgan fingerprint density at radius 2 is 1.58 bits per heavy atom. The van der Waals surface area contributed by atoms with Gasteiger partial charge in [-0.3, -0.25) is 14.4 Å². The highest BCUT2D eigenvalue weighted by atomic mass is 35.5. The number of nitrogens with zero attached hydrogens (tertiary/aromatic N) is 1. The summed E-state index contributed by atoms with van der Waals surface area (Å²) in [5, 5.41) is 2.60. The van der Waals surface area contributed by atoms with E-state index in [-0.39, 0.29) is 17.3 Å². The molecule has 3 aliphatic rings. The molecule has 4 aromatic rings. The van der Waals surface area contributed by atoms with Crippen LogP contribution in [0.15, 0.2) is 90.3 Å². The molecule has 0 radical (unpaired) electrons. The SMILES string of the molecule is O=C(c1cccs1)C1C(c2ccc(Cl)cc2Cl)C2(C(=O)c3ccccc3C2=O)C2C=Cc3ccccc3N12. The third kappa shape index (κ3) is 3.01. The molecule has 3 unspecified atom stereocenters. The maximum Gasteiger partial charge on any atom is 0.195 e. The predicted molar refractivity (Wildman–Crippen MR) is 151 cm³/mol. The predicted octanol–water partition coefficient (Wildman–Crippen LogP) is 7.37. The van der Waals surface area contributed by atoms with E-state index < -0.39 is 23.4 Å². The molecule has 4 nitrogen and oxygen atoms in total. The van der Waals surface area contributed by atoms with Crippen LogP contribution in [0.1, 0.15) is 47.4 Å². The van der Waals surface area contributed by atoms with Gasteiger partial charge in [-0.15, -0.1) is 11.3 Å². The Balaban J connectivity index is 1.58. The van der Waals surface area contributed by atoms with Crippen LogP contribution in [0.2, 0.25) is 10.0 Å². The molecular formula is C31H19Cl2NO3S. The Morgan fingerprint density at radius 1 is 0.868 bits per heavy atom. The van der Waals surface area contributed by atoms with Crippen LogP contribution in [0.5, 0.6) is 0 Å². The summed E-state index contributed by atoms with van der Waals surface area (Å²) in [5.41, 5.74) is 1.45. The minimum Gasteiger partial charge on any atom is -0.352 e. The molecule has 3 heterocycles. The maximum absolute atomic E-state index is 14.6. The second-order valence-electron chi connectivity index (χ2n) is 9.77. The molecule has 3 aromatic carbocycles. The lowest BCUT2D eigenvalue weighted by atomic mass is 9.64. The zero-order valence-electron chi connectivity index (χ0n) is 19.8. The number of benzene rings is 3. The number of ketones is 3. The first kappa shape index (κ1) is 23.6. The number of carbonyl (C=O) groups is 3. The molecule has 7 rings (SSSR count). The first-order valence-corrected chi connectivity index (χ1v) is 13.8. The van der Waals surface area contributed by atoms with Gasteiger partial charge in [-0.1, -0.05) is 90.0 Å². The first-order chi connectivity index (χ1) is 18.4. The average Bonchev–Trinajstić information content (AvgIpc) is 3.62. The fraction of sp³-hybridized carbons (Fsp3) is 0.129. The van der Waals surface area contributed by atoms with Gasteiger partial charge in [0.2, 0.25) is 0 Å². The highest BCUT2D eigenvalue weighted by Crippen LogP contribution is 2.61. The number of carbonyl (C=O) groups excluding carboxylic acids is 3. The smallest absolute Gasteiger partial charge is 0.195 e. The Hall–Kier alpha value is -3.51. The second-order valence-corrected chi connectivity index (χ2v) is 11.6. The molecule has 0 N–H and O–H groups in total. The van der Waals surface area contributed by atoms with E-state index in [2.05, 4.69) is 0 Å². The number of halogens is 2. The van der Waals surface area contributed by atoms with Gasteiger partial charge >= 0.3 is 0 Å². The van der Waals surface area contributed by atoms with E-state index >= 15 is 0 Å². The molecule has 1 saturated heterocycles. The molecule has 1 aliphatic carbocycles. The van der Waals surface area contributed by atoms with Crippen molar-refractivity contribution in [1.82, 2.24) is 0 Å². The van der Waals surface area contributed by atoms with Crippen molar-refractivity contribution in [2.24, 2.45) is 5.41 Å². The number of rotatable bonds is 3. The Morgan fingerprint density at radius 3 is 2.26 bits per heavy atom. The number of para-hydroxylation sites is 1. The standard InChI is InChI=1S/C31H19Cl2NO3S/c32-18-12-13-21(22(33)16-18)26-27(28(35)24-10-5-15-38-24)34-23-9-4-1-6-17(23)11-14-25(34)31(26)29(36)19-7-2-3-8-20(19)30(31)37/h1-16,25-27H. The minimum absolute atomic E-state index is 0.153. The maximum atomic E-state index is 14.6. The van der Waals surface area contributed by atoms with Crippen molar-refractivity contribution in [3.63, 3.8) is 0 Å². The molecule has 0 bridgehead atoms. The van der Waals surface area contributed by atoms with E-state index in [1.807, 2.05) is 52.8 Å². The summed E-state index contributed by atoms with van der Waals surface area (Å²) >= 11 is 14.4. The third-order valence-corrected chi connectivity index (χ3v) is 9.49. The van der Waals surface area contributed by atoms with E-state index in [9.17, 15) is 14.4 Å². The van der Waals surface area contributed by atoms with Gasteiger partial charge in [0, 0.05) is 32.8 Å². The highest BCUT2D eigenvalue weighted by Gasteiger charge is 2.71. The number of Topliss-reactive ketones (excluding diaryl/α,β-unsaturated/α-hetero) is 3. The van der Waals surface area contributed by atoms with Crippen molar-refractivity contribution < 1.29 is 14.4 Å². The molecular weight excluding hydrogens is 537 g/mol. The molecule has 3 atom stereocenters. The fourth-order valence-corrected chi connectivity index (χ4v) is 7.80. The number of fused-ring (bicyclic) bond motifs is 5. The summed E-state index contributed by atoms with van der Waals surface area (Å²) in [6.07, 6.45) is 3.85. The van der Waals surface area contributed by atoms with Gasteiger partial charge in [0.1, 0.15) is 11.5 Å². The molecule has 1 spiro atoms. The monoisotopic (exact) mass is 555 g/mol. The third-order valence-electron chi connectivity index (χ3n) is 8.04. The van der Waals surface area contributed by atoms with Gasteiger partial charge < -0.3 is 4.90 Å². The number of hydrogen-bond donors (Lipinski definition) is 0. The molecule has 186 valence electrons. The lowest BCUT2D eigenvalue weighted by Gasteiger charge is -2.37. The molecule has 1 aromatic heterocycles. The normalized spacial score (nSPS) is 22.5. The van der Waals surface area contributed by atoms with Gasteiger partial charge in [0.15, 0.2) is 17.3 Å². The van der Waals surface area contributed by atoms with Crippen LogP contribution in [-0.4, -0.2) is 29.4 Å². The molecule has 2 aliphatic heterocycles. The highest BCUT2D eigenvalue weighted by molar-refractivity contribution is 7.12. The molecule has 0 amide bonds. The number of anilines is 1. The largest absolute Gasteiger partial charge is 0.352 e. The second kappa shape index (κ2) is 8.50. The quantitative estimate of drug-likeness (QED) is 0.195. The van der Waals surface area contributed by atoms with Gasteiger partial charge in [0.25, 0.3) is 0 Å². The van der Waals surface area contributed by atoms with Crippen LogP contribution in [0.4, 0.5) is 5.69 Å². The van der Waals surface area contributed by atoms with E-state index in [4.69, 9.17) is 23.2 Å². The van der Waals surface area contributed by atoms with Crippen molar-refractivity contribution >= 4 is 63.7 Å². The molecule has 38 heavy (non-hydrogen) atoms. The Kier molecular flexibility index (Phi) is 5.28. The summed E-state index contributed by atoms with van der Waals surface area (Å²) in [4.78, 5) is 46.1. The first-order valence-electron chi connectivity index (χ1n) is 12.2. The van der Waals surface area contributed by atoms with Crippen LogP contribution in [0.25, 0.3) is 6.08 Å². The van der Waals surface area contributed by atoms with E-state index in [0.29, 0.717) is 31.6 Å². The average molecular weight is 556 g/mol. The summed E-state index contributed by atoms with van der Waals surface area (Å²) in [7, 11) is 0. The van der Waals surface area contributed by atoms with Crippen LogP contribution in [0, 0.1) is 5.41 Å². The molecule has 1 fully saturated rings. The van der Waals surface area contributed by atoms with Crippen molar-refractivity contribution in [2.75, 3.05) is 4.90 Å². The minimum atomic E-state index is -1.58. The van der Waals surface area contributed by atoms with E-state index in [1.54, 1.807) is 48.5 Å². The summed E-state index contributed by atoms with van der Waals surface area (Å²) in [6.45, 7) is 0. The van der Waals surface area contributed by atoms with Crippen LogP contribution in [-0.2, 0) is 0 Å². The van der Waals surface area contributed by atoms with Gasteiger partial charge in [-0.25, -0.2) is 0 Å².